The number of hydrogen-bond acceptors (Lipinski definition) is 5. The van der Waals surface area contributed by atoms with Crippen molar-refractivity contribution in [3.05, 3.63) is 53.2 Å². The summed E-state index contributed by atoms with van der Waals surface area (Å²) in [4.78, 5) is 33.3. The molecule has 0 spiro atoms. The van der Waals surface area contributed by atoms with Gasteiger partial charge in [0.05, 0.1) is 17.1 Å². The van der Waals surface area contributed by atoms with Gasteiger partial charge in [-0.05, 0) is 18.2 Å². The van der Waals surface area contributed by atoms with Gasteiger partial charge in [-0.25, -0.2) is 4.98 Å². The zero-order chi connectivity index (χ0) is 23.3. The summed E-state index contributed by atoms with van der Waals surface area (Å²) in [7, 11) is 0. The molecule has 172 valence electrons. The second-order valence-electron chi connectivity index (χ2n) is 7.39. The van der Waals surface area contributed by atoms with E-state index in [4.69, 9.17) is 17.3 Å². The van der Waals surface area contributed by atoms with Crippen LogP contribution in [-0.4, -0.2) is 61.0 Å². The zero-order valence-electron chi connectivity index (χ0n) is 17.2. The number of amides is 2. The number of hydrogen-bond donors (Lipinski definition) is 1. The summed E-state index contributed by atoms with van der Waals surface area (Å²) >= 11 is 6.04. The third kappa shape index (κ3) is 6.10. The van der Waals surface area contributed by atoms with Crippen molar-refractivity contribution in [3.63, 3.8) is 0 Å². The standard InChI is InChI=1S/C21H23ClF3N5O2/c22-17-12-15(21(23,24)25)13-27-20(17)29-10-8-28(9-11-29)14-19(32)30(7-6-18(26)31)16-4-2-1-3-5-16/h1-5,12-13H,6-11,14H2,(H2,26,31). The summed E-state index contributed by atoms with van der Waals surface area (Å²) < 4.78 is 38.5. The molecule has 1 aliphatic heterocycles. The normalized spacial score (nSPS) is 14.9. The van der Waals surface area contributed by atoms with Gasteiger partial charge in [0, 0.05) is 51.0 Å². The van der Waals surface area contributed by atoms with Crippen LogP contribution in [0.1, 0.15) is 12.0 Å². The van der Waals surface area contributed by atoms with Crippen LogP contribution in [0.15, 0.2) is 42.6 Å². The van der Waals surface area contributed by atoms with Crippen molar-refractivity contribution in [2.24, 2.45) is 5.73 Å². The molecule has 2 aromatic rings. The van der Waals surface area contributed by atoms with Gasteiger partial charge >= 0.3 is 6.18 Å². The van der Waals surface area contributed by atoms with Crippen molar-refractivity contribution >= 4 is 34.9 Å². The lowest BCUT2D eigenvalue weighted by atomic mass is 10.2. The highest BCUT2D eigenvalue weighted by molar-refractivity contribution is 6.33. The lowest BCUT2D eigenvalue weighted by Crippen LogP contribution is -2.50. The molecule has 0 unspecified atom stereocenters. The Morgan fingerprint density at radius 2 is 1.78 bits per heavy atom. The lowest BCUT2D eigenvalue weighted by Gasteiger charge is -2.36. The van der Waals surface area contributed by atoms with Gasteiger partial charge in [-0.15, -0.1) is 0 Å². The molecule has 0 saturated carbocycles. The van der Waals surface area contributed by atoms with Crippen LogP contribution in [0.2, 0.25) is 5.02 Å². The molecule has 1 saturated heterocycles. The number of nitrogens with zero attached hydrogens (tertiary/aromatic N) is 4. The molecule has 1 fully saturated rings. The van der Waals surface area contributed by atoms with E-state index in [1.54, 1.807) is 29.2 Å². The molecule has 7 nitrogen and oxygen atoms in total. The fourth-order valence-corrected chi connectivity index (χ4v) is 3.73. The predicted molar refractivity (Wildman–Crippen MR) is 116 cm³/mol. The molecule has 32 heavy (non-hydrogen) atoms. The number of anilines is 2. The highest BCUT2D eigenvalue weighted by atomic mass is 35.5. The number of piperazine rings is 1. The Morgan fingerprint density at radius 3 is 2.34 bits per heavy atom. The number of alkyl halides is 3. The highest BCUT2D eigenvalue weighted by Crippen LogP contribution is 2.33. The Balaban J connectivity index is 1.61. The second kappa shape index (κ2) is 10.2. The van der Waals surface area contributed by atoms with Gasteiger partial charge in [-0.1, -0.05) is 29.8 Å². The van der Waals surface area contributed by atoms with E-state index in [0.29, 0.717) is 31.9 Å². The average Bonchev–Trinajstić information content (AvgIpc) is 2.74. The predicted octanol–water partition coefficient (Wildman–Crippen LogP) is 2.78. The minimum atomic E-state index is -4.51. The van der Waals surface area contributed by atoms with E-state index in [1.165, 1.54) is 4.90 Å². The Hall–Kier alpha value is -2.85. The maximum Gasteiger partial charge on any atom is 0.417 e. The summed E-state index contributed by atoms with van der Waals surface area (Å²) in [6, 6.07) is 9.89. The van der Waals surface area contributed by atoms with Crippen molar-refractivity contribution in [2.75, 3.05) is 49.1 Å². The average molecular weight is 470 g/mol. The summed E-state index contributed by atoms with van der Waals surface area (Å²) in [5.74, 6) is -0.372. The van der Waals surface area contributed by atoms with Crippen molar-refractivity contribution < 1.29 is 22.8 Å². The molecule has 0 bridgehead atoms. The van der Waals surface area contributed by atoms with Crippen molar-refractivity contribution in [1.82, 2.24) is 9.88 Å². The molecular formula is C21H23ClF3N5O2. The molecule has 0 aliphatic carbocycles. The van der Waals surface area contributed by atoms with E-state index in [1.807, 2.05) is 11.0 Å². The third-order valence-electron chi connectivity index (χ3n) is 5.13. The Kier molecular flexibility index (Phi) is 7.57. The van der Waals surface area contributed by atoms with Crippen LogP contribution in [0.25, 0.3) is 0 Å². The Morgan fingerprint density at radius 1 is 1.12 bits per heavy atom. The van der Waals surface area contributed by atoms with Crippen LogP contribution in [0.3, 0.4) is 0 Å². The van der Waals surface area contributed by atoms with E-state index in [9.17, 15) is 22.8 Å². The number of rotatable bonds is 7. The number of aromatic nitrogens is 1. The summed E-state index contributed by atoms with van der Waals surface area (Å²) in [5, 5.41) is -0.0638. The molecule has 1 aromatic carbocycles. The first kappa shape index (κ1) is 23.8. The number of halogens is 4. The largest absolute Gasteiger partial charge is 0.417 e. The first-order valence-corrected chi connectivity index (χ1v) is 10.4. The van der Waals surface area contributed by atoms with Gasteiger partial charge < -0.3 is 15.5 Å². The molecule has 2 amide bonds. The van der Waals surface area contributed by atoms with E-state index in [0.717, 1.165) is 12.3 Å². The zero-order valence-corrected chi connectivity index (χ0v) is 17.9. The molecule has 1 aromatic heterocycles. The monoisotopic (exact) mass is 469 g/mol. The van der Waals surface area contributed by atoms with Gasteiger partial charge in [-0.3, -0.25) is 14.5 Å². The molecular weight excluding hydrogens is 447 g/mol. The van der Waals surface area contributed by atoms with Crippen molar-refractivity contribution in [3.8, 4) is 0 Å². The maximum atomic E-state index is 12.9. The third-order valence-corrected chi connectivity index (χ3v) is 5.41. The molecule has 1 aliphatic rings. The Labute approximate surface area is 188 Å². The smallest absolute Gasteiger partial charge is 0.370 e. The van der Waals surface area contributed by atoms with Crippen LogP contribution in [0, 0.1) is 0 Å². The fourth-order valence-electron chi connectivity index (χ4n) is 3.44. The number of benzene rings is 1. The maximum absolute atomic E-state index is 12.9. The summed E-state index contributed by atoms with van der Waals surface area (Å²) in [6.07, 6.45) is -3.69. The van der Waals surface area contributed by atoms with E-state index in [2.05, 4.69) is 4.98 Å². The van der Waals surface area contributed by atoms with Gasteiger partial charge in [-0.2, -0.15) is 13.2 Å². The molecule has 2 N–H and O–H groups in total. The minimum Gasteiger partial charge on any atom is -0.370 e. The van der Waals surface area contributed by atoms with Crippen LogP contribution >= 0.6 is 11.6 Å². The lowest BCUT2D eigenvalue weighted by molar-refractivity contribution is -0.137. The molecule has 0 atom stereocenters. The van der Waals surface area contributed by atoms with E-state index in [-0.39, 0.29) is 36.3 Å². The highest BCUT2D eigenvalue weighted by Gasteiger charge is 2.32. The van der Waals surface area contributed by atoms with E-state index >= 15 is 0 Å². The minimum absolute atomic E-state index is 0.0481. The van der Waals surface area contributed by atoms with E-state index < -0.39 is 17.6 Å². The number of para-hydroxylation sites is 1. The van der Waals surface area contributed by atoms with Crippen LogP contribution < -0.4 is 15.5 Å². The van der Waals surface area contributed by atoms with Crippen LogP contribution in [-0.2, 0) is 15.8 Å². The van der Waals surface area contributed by atoms with Crippen LogP contribution in [0.4, 0.5) is 24.7 Å². The van der Waals surface area contributed by atoms with Crippen molar-refractivity contribution in [2.45, 2.75) is 12.6 Å². The quantitative estimate of drug-likeness (QED) is 0.674. The molecule has 3 rings (SSSR count). The first-order valence-electron chi connectivity index (χ1n) is 9.99. The second-order valence-corrected chi connectivity index (χ2v) is 7.79. The Bertz CT molecular complexity index is 950. The number of carbonyl (C=O) groups is 2. The first-order chi connectivity index (χ1) is 15.1. The summed E-state index contributed by atoms with van der Waals surface area (Å²) in [6.45, 7) is 2.24. The molecule has 0 radical (unpaired) electrons. The number of primary amides is 1. The van der Waals surface area contributed by atoms with Gasteiger partial charge in [0.15, 0.2) is 0 Å². The SMILES string of the molecule is NC(=O)CCN(C(=O)CN1CCN(c2ncc(C(F)(F)F)cc2Cl)CC1)c1ccccc1. The number of nitrogens with two attached hydrogens (primary N) is 1. The van der Waals surface area contributed by atoms with Gasteiger partial charge in [0.2, 0.25) is 11.8 Å². The summed E-state index contributed by atoms with van der Waals surface area (Å²) in [5.41, 5.74) is 5.03. The number of pyridine rings is 1. The van der Waals surface area contributed by atoms with Gasteiger partial charge in [0.1, 0.15) is 5.82 Å². The molecule has 11 heteroatoms. The van der Waals surface area contributed by atoms with Gasteiger partial charge in [0.25, 0.3) is 0 Å². The number of carbonyl (C=O) groups excluding carboxylic acids is 2. The van der Waals surface area contributed by atoms with Crippen molar-refractivity contribution in [1.29, 1.82) is 0 Å². The molecule has 2 heterocycles. The fraction of sp³-hybridized carbons (Fsp3) is 0.381. The topological polar surface area (TPSA) is 82.8 Å². The van der Waals surface area contributed by atoms with Crippen LogP contribution in [0.5, 0.6) is 0 Å².